The van der Waals surface area contributed by atoms with E-state index in [9.17, 15) is 9.59 Å². The van der Waals surface area contributed by atoms with Crippen LogP contribution in [-0.2, 0) is 22.6 Å². The summed E-state index contributed by atoms with van der Waals surface area (Å²) in [6, 6.07) is 8.00. The summed E-state index contributed by atoms with van der Waals surface area (Å²) in [7, 11) is 0. The molecular weight excluding hydrogens is 268 g/mol. The molecule has 2 heterocycles. The lowest BCUT2D eigenvalue weighted by Crippen LogP contribution is -2.48. The Bertz CT molecular complexity index is 558. The zero-order valence-corrected chi connectivity index (χ0v) is 11.9. The Balaban J connectivity index is 1.61. The van der Waals surface area contributed by atoms with Crippen LogP contribution in [0.25, 0.3) is 0 Å². The molecule has 0 saturated carbocycles. The summed E-state index contributed by atoms with van der Waals surface area (Å²) in [5.41, 5.74) is 2.49. The highest BCUT2D eigenvalue weighted by molar-refractivity contribution is 5.83. The second-order valence-corrected chi connectivity index (χ2v) is 5.94. The van der Waals surface area contributed by atoms with Crippen molar-refractivity contribution in [3.8, 4) is 0 Å². The average molecular weight is 288 g/mol. The topological polar surface area (TPSA) is 69.6 Å². The molecule has 2 N–H and O–H groups in total. The lowest BCUT2D eigenvalue weighted by molar-refractivity contribution is -0.138. The van der Waals surface area contributed by atoms with Gasteiger partial charge in [-0.05, 0) is 29.9 Å². The van der Waals surface area contributed by atoms with Gasteiger partial charge in [-0.15, -0.1) is 0 Å². The first kappa shape index (κ1) is 14.1. The third-order valence-corrected chi connectivity index (χ3v) is 4.44. The summed E-state index contributed by atoms with van der Waals surface area (Å²) in [4.78, 5) is 25.1. The van der Waals surface area contributed by atoms with Gasteiger partial charge >= 0.3 is 5.97 Å². The van der Waals surface area contributed by atoms with Crippen molar-refractivity contribution < 1.29 is 14.7 Å². The maximum Gasteiger partial charge on any atom is 0.303 e. The molecule has 2 aliphatic heterocycles. The summed E-state index contributed by atoms with van der Waals surface area (Å²) in [5, 5.41) is 12.1. The third-order valence-electron chi connectivity index (χ3n) is 4.44. The number of hydrogen-bond donors (Lipinski definition) is 2. The highest BCUT2D eigenvalue weighted by Crippen LogP contribution is 2.23. The van der Waals surface area contributed by atoms with Crippen LogP contribution in [-0.4, -0.2) is 41.0 Å². The van der Waals surface area contributed by atoms with E-state index in [2.05, 4.69) is 17.4 Å². The number of aliphatic carboxylic acids is 1. The summed E-state index contributed by atoms with van der Waals surface area (Å²) >= 11 is 0. The fourth-order valence-corrected chi connectivity index (χ4v) is 3.30. The molecule has 0 spiro atoms. The number of carbonyl (C=O) groups is 2. The minimum atomic E-state index is -0.779. The molecule has 1 fully saturated rings. The molecular formula is C16H20N2O3. The number of rotatable bonds is 3. The zero-order chi connectivity index (χ0) is 14.8. The number of nitrogens with one attached hydrogen (secondary N) is 1. The van der Waals surface area contributed by atoms with E-state index in [1.54, 1.807) is 0 Å². The summed E-state index contributed by atoms with van der Waals surface area (Å²) in [6.07, 6.45) is 1.67. The zero-order valence-electron chi connectivity index (χ0n) is 11.9. The van der Waals surface area contributed by atoms with Crippen LogP contribution in [0.15, 0.2) is 24.3 Å². The van der Waals surface area contributed by atoms with Crippen LogP contribution < -0.4 is 5.32 Å². The minimum Gasteiger partial charge on any atom is -0.481 e. The summed E-state index contributed by atoms with van der Waals surface area (Å²) in [5.74, 6) is -0.571. The van der Waals surface area contributed by atoms with Gasteiger partial charge in [-0.1, -0.05) is 24.3 Å². The van der Waals surface area contributed by atoms with Crippen LogP contribution in [0.5, 0.6) is 0 Å². The SMILES string of the molecule is O=C(O)CC1CCN(C(=O)[C@H]2Cc3ccccc3CN2)C1. The standard InChI is InChI=1S/C16H20N2O3/c19-15(20)7-11-5-6-18(10-11)16(21)14-8-12-3-1-2-4-13(12)9-17-14/h1-4,11,14,17H,5-10H2,(H,19,20)/t11?,14-/m1/s1. The first-order chi connectivity index (χ1) is 10.1. The molecule has 1 unspecified atom stereocenters. The van der Waals surface area contributed by atoms with Crippen molar-refractivity contribution in [1.82, 2.24) is 10.2 Å². The molecule has 0 bridgehead atoms. The minimum absolute atomic E-state index is 0.0994. The van der Waals surface area contributed by atoms with E-state index in [4.69, 9.17) is 5.11 Å². The second-order valence-electron chi connectivity index (χ2n) is 5.94. The molecule has 1 saturated heterocycles. The number of carboxylic acids is 1. The van der Waals surface area contributed by atoms with Gasteiger partial charge in [-0.3, -0.25) is 9.59 Å². The Morgan fingerprint density at radius 1 is 1.29 bits per heavy atom. The van der Waals surface area contributed by atoms with E-state index in [1.807, 2.05) is 17.0 Å². The number of carboxylic acid groups (broad SMARTS) is 1. The molecule has 1 aromatic rings. The molecule has 5 nitrogen and oxygen atoms in total. The average Bonchev–Trinajstić information content (AvgIpc) is 2.93. The van der Waals surface area contributed by atoms with Crippen molar-refractivity contribution in [1.29, 1.82) is 0 Å². The van der Waals surface area contributed by atoms with Gasteiger partial charge in [0.1, 0.15) is 0 Å². The normalized spacial score (nSPS) is 24.7. The molecule has 21 heavy (non-hydrogen) atoms. The predicted octanol–water partition coefficient (Wildman–Crippen LogP) is 1.02. The van der Waals surface area contributed by atoms with Gasteiger partial charge in [-0.2, -0.15) is 0 Å². The Labute approximate surface area is 123 Å². The number of fused-ring (bicyclic) bond motifs is 1. The maximum absolute atomic E-state index is 12.6. The molecule has 2 aliphatic rings. The van der Waals surface area contributed by atoms with Crippen LogP contribution in [0.4, 0.5) is 0 Å². The molecule has 2 atom stereocenters. The quantitative estimate of drug-likeness (QED) is 0.871. The molecule has 1 amide bonds. The highest BCUT2D eigenvalue weighted by atomic mass is 16.4. The summed E-state index contributed by atoms with van der Waals surface area (Å²) < 4.78 is 0. The molecule has 5 heteroatoms. The van der Waals surface area contributed by atoms with Gasteiger partial charge in [0.15, 0.2) is 0 Å². The predicted molar refractivity (Wildman–Crippen MR) is 77.7 cm³/mol. The van der Waals surface area contributed by atoms with Crippen molar-refractivity contribution in [2.45, 2.75) is 31.8 Å². The van der Waals surface area contributed by atoms with Crippen LogP contribution in [0, 0.1) is 5.92 Å². The lowest BCUT2D eigenvalue weighted by atomic mass is 9.95. The van der Waals surface area contributed by atoms with Gasteiger partial charge in [-0.25, -0.2) is 0 Å². The monoisotopic (exact) mass is 288 g/mol. The van der Waals surface area contributed by atoms with Gasteiger partial charge < -0.3 is 15.3 Å². The Hall–Kier alpha value is -1.88. The van der Waals surface area contributed by atoms with Crippen LogP contribution in [0.1, 0.15) is 24.0 Å². The first-order valence-electron chi connectivity index (χ1n) is 7.44. The van der Waals surface area contributed by atoms with Crippen LogP contribution in [0.2, 0.25) is 0 Å². The fraction of sp³-hybridized carbons (Fsp3) is 0.500. The van der Waals surface area contributed by atoms with Crippen molar-refractivity contribution >= 4 is 11.9 Å². The number of carbonyl (C=O) groups excluding carboxylic acids is 1. The van der Waals surface area contributed by atoms with Gasteiger partial charge in [0, 0.05) is 26.1 Å². The number of likely N-dealkylation sites (tertiary alicyclic amines) is 1. The molecule has 0 aliphatic carbocycles. The summed E-state index contributed by atoms with van der Waals surface area (Å²) in [6.45, 7) is 1.97. The second kappa shape index (κ2) is 5.85. The maximum atomic E-state index is 12.6. The first-order valence-corrected chi connectivity index (χ1v) is 7.44. The molecule has 0 radical (unpaired) electrons. The van der Waals surface area contributed by atoms with Crippen molar-refractivity contribution in [3.05, 3.63) is 35.4 Å². The Morgan fingerprint density at radius 3 is 2.81 bits per heavy atom. The van der Waals surface area contributed by atoms with Crippen LogP contribution in [0.3, 0.4) is 0 Å². The number of amides is 1. The van der Waals surface area contributed by atoms with E-state index in [-0.39, 0.29) is 24.3 Å². The van der Waals surface area contributed by atoms with Gasteiger partial charge in [0.2, 0.25) is 5.91 Å². The van der Waals surface area contributed by atoms with Gasteiger partial charge in [0.25, 0.3) is 0 Å². The number of benzene rings is 1. The molecule has 3 rings (SSSR count). The number of nitrogens with zero attached hydrogens (tertiary/aromatic N) is 1. The van der Waals surface area contributed by atoms with Gasteiger partial charge in [0.05, 0.1) is 6.04 Å². The molecule has 112 valence electrons. The molecule has 1 aromatic carbocycles. The van der Waals surface area contributed by atoms with E-state index in [0.29, 0.717) is 13.1 Å². The van der Waals surface area contributed by atoms with Crippen molar-refractivity contribution in [2.75, 3.05) is 13.1 Å². The van der Waals surface area contributed by atoms with E-state index in [1.165, 1.54) is 11.1 Å². The highest BCUT2D eigenvalue weighted by Gasteiger charge is 2.33. The lowest BCUT2D eigenvalue weighted by Gasteiger charge is -2.29. The third kappa shape index (κ3) is 3.08. The largest absolute Gasteiger partial charge is 0.481 e. The Morgan fingerprint density at radius 2 is 2.05 bits per heavy atom. The van der Waals surface area contributed by atoms with Crippen LogP contribution >= 0.6 is 0 Å². The van der Waals surface area contributed by atoms with E-state index < -0.39 is 5.97 Å². The fourth-order valence-electron chi connectivity index (χ4n) is 3.30. The van der Waals surface area contributed by atoms with Crippen molar-refractivity contribution in [2.24, 2.45) is 5.92 Å². The van der Waals surface area contributed by atoms with Crippen molar-refractivity contribution in [3.63, 3.8) is 0 Å². The van der Waals surface area contributed by atoms with E-state index in [0.717, 1.165) is 19.4 Å². The Kier molecular flexibility index (Phi) is 3.92. The molecule has 0 aromatic heterocycles. The smallest absolute Gasteiger partial charge is 0.303 e. The van der Waals surface area contributed by atoms with E-state index >= 15 is 0 Å². The number of hydrogen-bond acceptors (Lipinski definition) is 3.